The Morgan fingerprint density at radius 1 is 1.00 bits per heavy atom. The van der Waals surface area contributed by atoms with Crippen LogP contribution in [0.25, 0.3) is 10.9 Å². The lowest BCUT2D eigenvalue weighted by Crippen LogP contribution is -2.30. The molecule has 1 aliphatic heterocycles. The summed E-state index contributed by atoms with van der Waals surface area (Å²) in [5.74, 6) is 0. The molecule has 0 unspecified atom stereocenters. The van der Waals surface area contributed by atoms with Crippen LogP contribution in [0, 0.1) is 0 Å². The first-order valence-electron chi connectivity index (χ1n) is 8.70. The van der Waals surface area contributed by atoms with Crippen LogP contribution in [-0.4, -0.2) is 41.0 Å². The van der Waals surface area contributed by atoms with E-state index < -0.39 is 0 Å². The maximum atomic E-state index is 6.21. The Labute approximate surface area is 153 Å². The number of halogens is 1. The van der Waals surface area contributed by atoms with E-state index in [0.717, 1.165) is 55.1 Å². The average Bonchev–Trinajstić information content (AvgIpc) is 2.87. The normalized spacial score (nSPS) is 16.1. The summed E-state index contributed by atoms with van der Waals surface area (Å²) < 4.78 is 0. The summed E-state index contributed by atoms with van der Waals surface area (Å²) >= 11 is 6.21. The fourth-order valence-electron chi connectivity index (χ4n) is 3.50. The van der Waals surface area contributed by atoms with Gasteiger partial charge in [0.1, 0.15) is 0 Å². The third-order valence-electron chi connectivity index (χ3n) is 4.74. The van der Waals surface area contributed by atoms with Crippen molar-refractivity contribution in [2.24, 2.45) is 0 Å². The van der Waals surface area contributed by atoms with Gasteiger partial charge in [0.2, 0.25) is 0 Å². The van der Waals surface area contributed by atoms with Gasteiger partial charge in [-0.15, -0.1) is 0 Å². The number of hydrogen-bond acceptors (Lipinski definition) is 4. The monoisotopic (exact) mass is 352 g/mol. The topological polar surface area (TPSA) is 32.3 Å². The predicted octanol–water partition coefficient (Wildman–Crippen LogP) is 4.00. The van der Waals surface area contributed by atoms with Gasteiger partial charge in [0.05, 0.1) is 5.52 Å². The van der Waals surface area contributed by atoms with E-state index in [-0.39, 0.29) is 0 Å². The molecule has 3 aromatic rings. The maximum Gasteiger partial charge on any atom is 0.0723 e. The third-order valence-corrected chi connectivity index (χ3v) is 4.97. The molecule has 1 aliphatic rings. The van der Waals surface area contributed by atoms with Crippen molar-refractivity contribution < 1.29 is 0 Å². The molecule has 0 saturated carbocycles. The quantitative estimate of drug-likeness (QED) is 0.713. The number of benzene rings is 1. The third kappa shape index (κ3) is 3.75. The van der Waals surface area contributed by atoms with Crippen molar-refractivity contribution in [2.45, 2.75) is 13.0 Å². The summed E-state index contributed by atoms with van der Waals surface area (Å²) in [6.07, 6.45) is 6.82. The van der Waals surface area contributed by atoms with Gasteiger partial charge in [-0.2, -0.15) is 0 Å². The zero-order chi connectivity index (χ0) is 17.1. The molecule has 4 nitrogen and oxygen atoms in total. The molecule has 0 radical (unpaired) electrons. The Bertz CT molecular complexity index is 853. The van der Waals surface area contributed by atoms with Crippen LogP contribution in [0.15, 0.2) is 55.0 Å². The summed E-state index contributed by atoms with van der Waals surface area (Å²) in [4.78, 5) is 13.7. The van der Waals surface area contributed by atoms with E-state index >= 15 is 0 Å². The second-order valence-corrected chi connectivity index (χ2v) is 6.91. The number of pyridine rings is 2. The molecule has 1 fully saturated rings. The zero-order valence-electron chi connectivity index (χ0n) is 14.1. The first-order chi connectivity index (χ1) is 12.3. The summed E-state index contributed by atoms with van der Waals surface area (Å²) in [5, 5.41) is 1.89. The van der Waals surface area contributed by atoms with Gasteiger partial charge in [-0.3, -0.25) is 14.9 Å². The largest absolute Gasteiger partial charge is 0.370 e. The van der Waals surface area contributed by atoms with Crippen LogP contribution in [-0.2, 0) is 6.54 Å². The van der Waals surface area contributed by atoms with E-state index in [1.807, 2.05) is 42.9 Å². The lowest BCUT2D eigenvalue weighted by atomic mass is 10.1. The molecule has 3 heterocycles. The SMILES string of the molecule is Clc1ccc2nccc(N3CCCN(Cc4cccnc4)CC3)c2c1. The maximum absolute atomic E-state index is 6.21. The summed E-state index contributed by atoms with van der Waals surface area (Å²) in [6, 6.07) is 12.2. The van der Waals surface area contributed by atoms with Crippen molar-refractivity contribution in [1.82, 2.24) is 14.9 Å². The van der Waals surface area contributed by atoms with Crippen LogP contribution in [0.2, 0.25) is 5.02 Å². The van der Waals surface area contributed by atoms with E-state index in [0.29, 0.717) is 0 Å². The zero-order valence-corrected chi connectivity index (χ0v) is 14.9. The minimum atomic E-state index is 0.759. The van der Waals surface area contributed by atoms with Crippen LogP contribution in [0.4, 0.5) is 5.69 Å². The number of aromatic nitrogens is 2. The molecule has 0 bridgehead atoms. The molecule has 0 atom stereocenters. The second-order valence-electron chi connectivity index (χ2n) is 6.47. The molecule has 0 N–H and O–H groups in total. The Balaban J connectivity index is 1.52. The first-order valence-corrected chi connectivity index (χ1v) is 9.08. The fraction of sp³-hybridized carbons (Fsp3) is 0.300. The Morgan fingerprint density at radius 3 is 2.84 bits per heavy atom. The van der Waals surface area contributed by atoms with Gasteiger partial charge in [-0.1, -0.05) is 17.7 Å². The van der Waals surface area contributed by atoms with Crippen molar-refractivity contribution in [3.63, 3.8) is 0 Å². The first kappa shape index (κ1) is 16.3. The van der Waals surface area contributed by atoms with Crippen LogP contribution < -0.4 is 4.90 Å². The molecular weight excluding hydrogens is 332 g/mol. The molecule has 4 rings (SSSR count). The highest BCUT2D eigenvalue weighted by atomic mass is 35.5. The molecule has 0 aliphatic carbocycles. The Morgan fingerprint density at radius 2 is 1.96 bits per heavy atom. The van der Waals surface area contributed by atoms with Gasteiger partial charge in [-0.05, 0) is 42.3 Å². The van der Waals surface area contributed by atoms with Crippen LogP contribution in [0.3, 0.4) is 0 Å². The van der Waals surface area contributed by atoms with Gasteiger partial charge in [0.15, 0.2) is 0 Å². The number of anilines is 1. The number of fused-ring (bicyclic) bond motifs is 1. The van der Waals surface area contributed by atoms with Gasteiger partial charge in [-0.25, -0.2) is 0 Å². The highest BCUT2D eigenvalue weighted by Gasteiger charge is 2.17. The standard InChI is InChI=1S/C20H21ClN4/c21-17-4-5-19-18(13-17)20(6-8-23-19)25-10-2-9-24(11-12-25)15-16-3-1-7-22-14-16/h1,3-8,13-14H,2,9-12,15H2. The molecule has 1 aromatic carbocycles. The van der Waals surface area contributed by atoms with Crippen LogP contribution >= 0.6 is 11.6 Å². The van der Waals surface area contributed by atoms with E-state index in [1.54, 1.807) is 0 Å². The van der Waals surface area contributed by atoms with Crippen molar-refractivity contribution in [3.8, 4) is 0 Å². The summed E-state index contributed by atoms with van der Waals surface area (Å²) in [5.41, 5.74) is 3.51. The van der Waals surface area contributed by atoms with E-state index in [2.05, 4.69) is 31.9 Å². The molecule has 5 heteroatoms. The average molecular weight is 353 g/mol. The van der Waals surface area contributed by atoms with Crippen molar-refractivity contribution in [3.05, 3.63) is 65.6 Å². The smallest absolute Gasteiger partial charge is 0.0723 e. The molecule has 25 heavy (non-hydrogen) atoms. The predicted molar refractivity (Wildman–Crippen MR) is 103 cm³/mol. The molecule has 0 spiro atoms. The van der Waals surface area contributed by atoms with Crippen molar-refractivity contribution in [2.75, 3.05) is 31.1 Å². The second kappa shape index (κ2) is 7.38. The Hall–Kier alpha value is -2.17. The van der Waals surface area contributed by atoms with E-state index in [9.17, 15) is 0 Å². The minimum absolute atomic E-state index is 0.759. The molecule has 2 aromatic heterocycles. The lowest BCUT2D eigenvalue weighted by molar-refractivity contribution is 0.285. The van der Waals surface area contributed by atoms with Crippen molar-refractivity contribution >= 4 is 28.2 Å². The van der Waals surface area contributed by atoms with E-state index in [1.165, 1.54) is 11.3 Å². The lowest BCUT2D eigenvalue weighted by Gasteiger charge is -2.25. The Kier molecular flexibility index (Phi) is 4.81. The van der Waals surface area contributed by atoms with E-state index in [4.69, 9.17) is 11.6 Å². The van der Waals surface area contributed by atoms with Crippen molar-refractivity contribution in [1.29, 1.82) is 0 Å². The number of hydrogen-bond donors (Lipinski definition) is 0. The highest BCUT2D eigenvalue weighted by molar-refractivity contribution is 6.31. The molecule has 128 valence electrons. The minimum Gasteiger partial charge on any atom is -0.370 e. The van der Waals surface area contributed by atoms with Crippen LogP contribution in [0.5, 0.6) is 0 Å². The van der Waals surface area contributed by atoms with Gasteiger partial charge in [0.25, 0.3) is 0 Å². The number of rotatable bonds is 3. The highest BCUT2D eigenvalue weighted by Crippen LogP contribution is 2.28. The van der Waals surface area contributed by atoms with Gasteiger partial charge < -0.3 is 4.90 Å². The molecule has 0 amide bonds. The number of nitrogens with zero attached hydrogens (tertiary/aromatic N) is 4. The summed E-state index contributed by atoms with van der Waals surface area (Å²) in [7, 11) is 0. The molecular formula is C20H21ClN4. The summed E-state index contributed by atoms with van der Waals surface area (Å²) in [6.45, 7) is 5.17. The van der Waals surface area contributed by atoms with Gasteiger partial charge in [0, 0.05) is 67.4 Å². The molecule has 1 saturated heterocycles. The van der Waals surface area contributed by atoms with Crippen LogP contribution in [0.1, 0.15) is 12.0 Å². The fourth-order valence-corrected chi connectivity index (χ4v) is 3.67. The van der Waals surface area contributed by atoms with Gasteiger partial charge >= 0.3 is 0 Å².